The maximum Gasteiger partial charge on any atom is 0.262 e. The van der Waals surface area contributed by atoms with Crippen LogP contribution in [0.25, 0.3) is 0 Å². The molecular weight excluding hydrogens is 312 g/mol. The van der Waals surface area contributed by atoms with Crippen molar-refractivity contribution in [3.05, 3.63) is 58.6 Å². The Morgan fingerprint density at radius 3 is 2.61 bits per heavy atom. The fourth-order valence-corrected chi connectivity index (χ4v) is 2.26. The second kappa shape index (κ2) is 8.56. The Morgan fingerprint density at radius 2 is 1.91 bits per heavy atom. The molecule has 0 aliphatic carbocycles. The lowest BCUT2D eigenvalue weighted by molar-refractivity contribution is -0.118. The number of hydrogen-bond donors (Lipinski definition) is 2. The van der Waals surface area contributed by atoms with Crippen LogP contribution in [0.1, 0.15) is 18.1 Å². The van der Waals surface area contributed by atoms with Gasteiger partial charge < -0.3 is 15.4 Å². The van der Waals surface area contributed by atoms with Gasteiger partial charge in [0, 0.05) is 22.8 Å². The Morgan fingerprint density at radius 1 is 1.17 bits per heavy atom. The van der Waals surface area contributed by atoms with Crippen LogP contribution in [-0.4, -0.2) is 19.1 Å². The second-order valence-electron chi connectivity index (χ2n) is 5.24. The molecule has 2 N–H and O–H groups in total. The smallest absolute Gasteiger partial charge is 0.262 e. The summed E-state index contributed by atoms with van der Waals surface area (Å²) in [5.74, 6) is 0.465. The molecule has 4 nitrogen and oxygen atoms in total. The molecule has 1 amide bonds. The van der Waals surface area contributed by atoms with E-state index in [0.717, 1.165) is 23.4 Å². The van der Waals surface area contributed by atoms with E-state index in [-0.39, 0.29) is 12.5 Å². The van der Waals surface area contributed by atoms with Gasteiger partial charge in [0.2, 0.25) is 0 Å². The minimum Gasteiger partial charge on any atom is -0.483 e. The maximum absolute atomic E-state index is 12.0. The summed E-state index contributed by atoms with van der Waals surface area (Å²) in [5, 5.41) is 6.68. The van der Waals surface area contributed by atoms with Crippen LogP contribution in [0, 0.1) is 6.92 Å². The molecule has 0 atom stereocenters. The van der Waals surface area contributed by atoms with Crippen molar-refractivity contribution < 1.29 is 9.53 Å². The molecule has 0 aliphatic rings. The topological polar surface area (TPSA) is 50.4 Å². The molecule has 0 radical (unpaired) electrons. The van der Waals surface area contributed by atoms with Gasteiger partial charge in [0.05, 0.1) is 0 Å². The molecule has 0 fully saturated rings. The Bertz CT molecular complexity index is 657. The largest absolute Gasteiger partial charge is 0.483 e. The molecule has 0 aliphatic heterocycles. The van der Waals surface area contributed by atoms with Crippen LogP contribution in [0.2, 0.25) is 5.02 Å². The molecular formula is C18H21ClN2O2. The zero-order valence-electron chi connectivity index (χ0n) is 13.4. The normalized spacial score (nSPS) is 10.4. The minimum absolute atomic E-state index is 0.0470. The molecule has 2 aromatic rings. The average Bonchev–Trinajstić information content (AvgIpc) is 2.54. The highest BCUT2D eigenvalue weighted by molar-refractivity contribution is 6.30. The molecule has 2 aromatic carbocycles. The molecule has 5 heteroatoms. The number of nitrogens with one attached hydrogen (secondary N) is 2. The number of amides is 1. The summed E-state index contributed by atoms with van der Waals surface area (Å²) in [5.41, 5.74) is 2.84. The zero-order valence-corrected chi connectivity index (χ0v) is 14.1. The fourth-order valence-electron chi connectivity index (χ4n) is 2.06. The predicted octanol–water partition coefficient (Wildman–Crippen LogP) is 3.78. The number of benzene rings is 2. The van der Waals surface area contributed by atoms with Crippen molar-refractivity contribution in [2.45, 2.75) is 20.4 Å². The molecule has 23 heavy (non-hydrogen) atoms. The zero-order chi connectivity index (χ0) is 16.7. The SMILES string of the molecule is CCNCc1cc(Cl)ccc1OCC(=O)Nc1ccc(C)cc1. The second-order valence-corrected chi connectivity index (χ2v) is 5.67. The van der Waals surface area contributed by atoms with Crippen molar-refractivity contribution in [3.8, 4) is 5.75 Å². The summed E-state index contributed by atoms with van der Waals surface area (Å²) in [4.78, 5) is 12.0. The molecule has 122 valence electrons. The van der Waals surface area contributed by atoms with Gasteiger partial charge in [0.1, 0.15) is 5.75 Å². The van der Waals surface area contributed by atoms with E-state index in [0.29, 0.717) is 17.3 Å². The van der Waals surface area contributed by atoms with E-state index in [9.17, 15) is 4.79 Å². The monoisotopic (exact) mass is 332 g/mol. The fraction of sp³-hybridized carbons (Fsp3) is 0.278. The maximum atomic E-state index is 12.0. The summed E-state index contributed by atoms with van der Waals surface area (Å²) in [7, 11) is 0. The van der Waals surface area contributed by atoms with E-state index in [2.05, 4.69) is 10.6 Å². The molecule has 0 unspecified atom stereocenters. The van der Waals surface area contributed by atoms with Crippen LogP contribution in [0.3, 0.4) is 0 Å². The summed E-state index contributed by atoms with van der Waals surface area (Å²) in [6.45, 7) is 5.47. The van der Waals surface area contributed by atoms with Crippen molar-refractivity contribution in [3.63, 3.8) is 0 Å². The Kier molecular flexibility index (Phi) is 6.44. The van der Waals surface area contributed by atoms with Gasteiger partial charge in [-0.3, -0.25) is 4.79 Å². The summed E-state index contributed by atoms with van der Waals surface area (Å²) in [6.07, 6.45) is 0. The quantitative estimate of drug-likeness (QED) is 0.811. The molecule has 0 spiro atoms. The average molecular weight is 333 g/mol. The van der Waals surface area contributed by atoms with Crippen molar-refractivity contribution in [2.75, 3.05) is 18.5 Å². The molecule has 2 rings (SSSR count). The lowest BCUT2D eigenvalue weighted by Crippen LogP contribution is -2.21. The summed E-state index contributed by atoms with van der Waals surface area (Å²) < 4.78 is 5.64. The van der Waals surface area contributed by atoms with Gasteiger partial charge in [0.15, 0.2) is 6.61 Å². The Hall–Kier alpha value is -2.04. The van der Waals surface area contributed by atoms with Crippen molar-refractivity contribution in [1.29, 1.82) is 0 Å². The van der Waals surface area contributed by atoms with Crippen LogP contribution < -0.4 is 15.4 Å². The summed E-state index contributed by atoms with van der Waals surface area (Å²) in [6, 6.07) is 13.0. The number of ether oxygens (including phenoxy) is 1. The predicted molar refractivity (Wildman–Crippen MR) is 94.1 cm³/mol. The first-order chi connectivity index (χ1) is 11.1. The van der Waals surface area contributed by atoms with Crippen molar-refractivity contribution >= 4 is 23.2 Å². The molecule has 0 heterocycles. The van der Waals surface area contributed by atoms with E-state index in [1.165, 1.54) is 0 Å². The minimum atomic E-state index is -0.196. The van der Waals surface area contributed by atoms with Gasteiger partial charge in [-0.25, -0.2) is 0 Å². The molecule has 0 saturated carbocycles. The first kappa shape index (κ1) is 17.3. The van der Waals surface area contributed by atoms with Gasteiger partial charge >= 0.3 is 0 Å². The van der Waals surface area contributed by atoms with E-state index in [4.69, 9.17) is 16.3 Å². The molecule has 0 bridgehead atoms. The van der Waals surface area contributed by atoms with Gasteiger partial charge in [-0.15, -0.1) is 0 Å². The third kappa shape index (κ3) is 5.58. The first-order valence-corrected chi connectivity index (χ1v) is 7.94. The number of carbonyl (C=O) groups excluding carboxylic acids is 1. The highest BCUT2D eigenvalue weighted by atomic mass is 35.5. The molecule has 0 saturated heterocycles. The van der Waals surface area contributed by atoms with Crippen LogP contribution in [0.5, 0.6) is 5.75 Å². The number of carbonyl (C=O) groups is 1. The van der Waals surface area contributed by atoms with Crippen molar-refractivity contribution in [2.24, 2.45) is 0 Å². The van der Waals surface area contributed by atoms with Crippen LogP contribution in [0.4, 0.5) is 5.69 Å². The van der Waals surface area contributed by atoms with Crippen LogP contribution in [0.15, 0.2) is 42.5 Å². The van der Waals surface area contributed by atoms with Crippen molar-refractivity contribution in [1.82, 2.24) is 5.32 Å². The number of halogens is 1. The number of anilines is 1. The van der Waals surface area contributed by atoms with Gasteiger partial charge in [-0.05, 0) is 43.8 Å². The van der Waals surface area contributed by atoms with Gasteiger partial charge in [0.25, 0.3) is 5.91 Å². The highest BCUT2D eigenvalue weighted by Gasteiger charge is 2.08. The number of aryl methyl sites for hydroxylation is 1. The third-order valence-corrected chi connectivity index (χ3v) is 3.52. The Balaban J connectivity index is 1.94. The van der Waals surface area contributed by atoms with Gasteiger partial charge in [-0.2, -0.15) is 0 Å². The molecule has 0 aromatic heterocycles. The highest BCUT2D eigenvalue weighted by Crippen LogP contribution is 2.23. The van der Waals surface area contributed by atoms with E-state index in [1.54, 1.807) is 12.1 Å². The standard InChI is InChI=1S/C18H21ClN2O2/c1-3-20-11-14-10-15(19)6-9-17(14)23-12-18(22)21-16-7-4-13(2)5-8-16/h4-10,20H,3,11-12H2,1-2H3,(H,21,22). The Labute approximate surface area is 141 Å². The first-order valence-electron chi connectivity index (χ1n) is 7.57. The van der Waals surface area contributed by atoms with Gasteiger partial charge in [-0.1, -0.05) is 36.2 Å². The van der Waals surface area contributed by atoms with Crippen LogP contribution in [-0.2, 0) is 11.3 Å². The lowest BCUT2D eigenvalue weighted by Gasteiger charge is -2.12. The number of hydrogen-bond acceptors (Lipinski definition) is 3. The van der Waals surface area contributed by atoms with E-state index >= 15 is 0 Å². The third-order valence-electron chi connectivity index (χ3n) is 3.28. The van der Waals surface area contributed by atoms with E-state index in [1.807, 2.05) is 44.2 Å². The van der Waals surface area contributed by atoms with E-state index < -0.39 is 0 Å². The number of rotatable bonds is 7. The summed E-state index contributed by atoms with van der Waals surface area (Å²) >= 11 is 6.02. The van der Waals surface area contributed by atoms with Crippen LogP contribution >= 0.6 is 11.6 Å². The lowest BCUT2D eigenvalue weighted by atomic mass is 10.2.